The van der Waals surface area contributed by atoms with Gasteiger partial charge in [-0.25, -0.2) is 0 Å². The molecule has 1 aromatic rings. The molecular weight excluding hydrogens is 260 g/mol. The first-order valence-corrected chi connectivity index (χ1v) is 6.87. The van der Waals surface area contributed by atoms with Gasteiger partial charge in [0.2, 0.25) is 5.91 Å². The molecular formula is C13H22N4O3. The molecule has 0 unspecified atom stereocenters. The first kappa shape index (κ1) is 15.0. The fraction of sp³-hybridized carbons (Fsp3) is 0.692. The zero-order valence-corrected chi connectivity index (χ0v) is 12.0. The van der Waals surface area contributed by atoms with Gasteiger partial charge < -0.3 is 14.9 Å². The number of aliphatic hydroxyl groups is 1. The minimum absolute atomic E-state index is 0.0868. The maximum absolute atomic E-state index is 11.9. The Morgan fingerprint density at radius 2 is 2.50 bits per heavy atom. The summed E-state index contributed by atoms with van der Waals surface area (Å²) in [5.41, 5.74) is 0. The molecule has 7 nitrogen and oxygen atoms in total. The lowest BCUT2D eigenvalue weighted by Crippen LogP contribution is -2.44. The first-order chi connectivity index (χ1) is 9.61. The number of amides is 1. The maximum Gasteiger partial charge on any atom is 0.239 e. The van der Waals surface area contributed by atoms with Crippen LogP contribution in [0.3, 0.4) is 0 Å². The summed E-state index contributed by atoms with van der Waals surface area (Å²) in [6.45, 7) is 4.17. The monoisotopic (exact) mass is 282 g/mol. The minimum atomic E-state index is -0.0868. The fourth-order valence-corrected chi connectivity index (χ4v) is 2.77. The van der Waals surface area contributed by atoms with Crippen molar-refractivity contribution < 1.29 is 14.4 Å². The van der Waals surface area contributed by atoms with Gasteiger partial charge >= 0.3 is 0 Å². The Morgan fingerprint density at radius 1 is 1.70 bits per heavy atom. The second kappa shape index (κ2) is 6.83. The van der Waals surface area contributed by atoms with Gasteiger partial charge in [0.25, 0.3) is 0 Å². The molecule has 0 radical (unpaired) electrons. The van der Waals surface area contributed by atoms with E-state index in [2.05, 4.69) is 31.7 Å². The average Bonchev–Trinajstić information content (AvgIpc) is 3.01. The summed E-state index contributed by atoms with van der Waals surface area (Å²) in [6, 6.07) is 2.28. The van der Waals surface area contributed by atoms with Gasteiger partial charge in [-0.15, -0.1) is 0 Å². The van der Waals surface area contributed by atoms with Crippen LogP contribution in [0.1, 0.15) is 13.3 Å². The predicted molar refractivity (Wildman–Crippen MR) is 74.3 cm³/mol. The number of likely N-dealkylation sites (tertiary alicyclic amines) is 1. The van der Waals surface area contributed by atoms with E-state index in [9.17, 15) is 4.79 Å². The molecule has 0 aliphatic carbocycles. The number of carbonyl (C=O) groups is 1. The Hall–Kier alpha value is -1.44. The summed E-state index contributed by atoms with van der Waals surface area (Å²) in [5, 5.41) is 15.4. The molecule has 2 N–H and O–H groups in total. The van der Waals surface area contributed by atoms with E-state index < -0.39 is 0 Å². The molecule has 0 bridgehead atoms. The van der Waals surface area contributed by atoms with Crippen molar-refractivity contribution in [2.24, 2.45) is 0 Å². The molecule has 2 atom stereocenters. The molecule has 0 aromatic carbocycles. The van der Waals surface area contributed by atoms with E-state index in [-0.39, 0.29) is 18.6 Å². The Bertz CT molecular complexity index is 423. The van der Waals surface area contributed by atoms with Crippen LogP contribution < -0.4 is 5.32 Å². The van der Waals surface area contributed by atoms with Crippen molar-refractivity contribution in [2.75, 3.05) is 38.6 Å². The summed E-state index contributed by atoms with van der Waals surface area (Å²) in [7, 11) is 2.01. The zero-order valence-electron chi connectivity index (χ0n) is 12.0. The van der Waals surface area contributed by atoms with E-state index in [0.29, 0.717) is 24.9 Å². The van der Waals surface area contributed by atoms with E-state index in [4.69, 9.17) is 5.11 Å². The molecule has 112 valence electrons. The standard InChI is InChI=1S/C13H22N4O3/c1-10-11(16(2)6-7-18)3-5-17(10)9-13(19)14-12-4-8-20-15-12/h4,8,10-11,18H,3,5-7,9H2,1-2H3,(H,14,15,19)/t10-,11-/m1/s1. The highest BCUT2D eigenvalue weighted by atomic mass is 16.5. The van der Waals surface area contributed by atoms with Crippen LogP contribution in [0.5, 0.6) is 0 Å². The Labute approximate surface area is 118 Å². The Morgan fingerprint density at radius 3 is 3.15 bits per heavy atom. The third-order valence-electron chi connectivity index (χ3n) is 3.92. The SMILES string of the molecule is C[C@@H]1[C@H](N(C)CCO)CCN1CC(=O)Nc1ccon1. The molecule has 2 rings (SSSR count). The third-order valence-corrected chi connectivity index (χ3v) is 3.92. The maximum atomic E-state index is 11.9. The van der Waals surface area contributed by atoms with Gasteiger partial charge in [-0.1, -0.05) is 5.16 Å². The number of likely N-dealkylation sites (N-methyl/N-ethyl adjacent to an activating group) is 1. The van der Waals surface area contributed by atoms with Crippen LogP contribution in [0.15, 0.2) is 16.9 Å². The lowest BCUT2D eigenvalue weighted by Gasteiger charge is -2.30. The van der Waals surface area contributed by atoms with Crippen molar-refractivity contribution in [3.8, 4) is 0 Å². The first-order valence-electron chi connectivity index (χ1n) is 6.87. The normalized spacial score (nSPS) is 23.4. The minimum Gasteiger partial charge on any atom is -0.395 e. The van der Waals surface area contributed by atoms with Gasteiger partial charge in [-0.3, -0.25) is 14.6 Å². The average molecular weight is 282 g/mol. The van der Waals surface area contributed by atoms with Crippen molar-refractivity contribution in [1.82, 2.24) is 15.0 Å². The largest absolute Gasteiger partial charge is 0.395 e. The highest BCUT2D eigenvalue weighted by molar-refractivity contribution is 5.91. The molecule has 1 aliphatic heterocycles. The number of hydrogen-bond acceptors (Lipinski definition) is 6. The van der Waals surface area contributed by atoms with E-state index in [1.54, 1.807) is 6.07 Å². The smallest absolute Gasteiger partial charge is 0.239 e. The number of aromatic nitrogens is 1. The molecule has 0 saturated carbocycles. The second-order valence-corrected chi connectivity index (χ2v) is 5.20. The number of aliphatic hydroxyl groups excluding tert-OH is 1. The number of nitrogens with zero attached hydrogens (tertiary/aromatic N) is 3. The van der Waals surface area contributed by atoms with Crippen molar-refractivity contribution >= 4 is 11.7 Å². The van der Waals surface area contributed by atoms with Crippen molar-refractivity contribution in [2.45, 2.75) is 25.4 Å². The molecule has 1 fully saturated rings. The fourth-order valence-electron chi connectivity index (χ4n) is 2.77. The van der Waals surface area contributed by atoms with Crippen molar-refractivity contribution in [1.29, 1.82) is 0 Å². The topological polar surface area (TPSA) is 81.8 Å². The molecule has 7 heteroatoms. The van der Waals surface area contributed by atoms with Crippen LogP contribution in [0.25, 0.3) is 0 Å². The van der Waals surface area contributed by atoms with E-state index in [0.717, 1.165) is 13.0 Å². The number of anilines is 1. The Kier molecular flexibility index (Phi) is 5.11. The van der Waals surface area contributed by atoms with Crippen LogP contribution in [0.4, 0.5) is 5.82 Å². The van der Waals surface area contributed by atoms with Crippen LogP contribution in [0, 0.1) is 0 Å². The second-order valence-electron chi connectivity index (χ2n) is 5.20. The van der Waals surface area contributed by atoms with Crippen LogP contribution in [-0.4, -0.2) is 71.3 Å². The van der Waals surface area contributed by atoms with Gasteiger partial charge in [0.15, 0.2) is 5.82 Å². The lowest BCUT2D eigenvalue weighted by atomic mass is 10.1. The summed E-state index contributed by atoms with van der Waals surface area (Å²) in [6.07, 6.45) is 2.43. The summed E-state index contributed by atoms with van der Waals surface area (Å²) in [4.78, 5) is 16.2. The zero-order chi connectivity index (χ0) is 14.5. The van der Waals surface area contributed by atoms with Crippen LogP contribution in [-0.2, 0) is 4.79 Å². The highest BCUT2D eigenvalue weighted by Gasteiger charge is 2.33. The van der Waals surface area contributed by atoms with Gasteiger partial charge in [0.1, 0.15) is 6.26 Å². The van der Waals surface area contributed by atoms with E-state index >= 15 is 0 Å². The van der Waals surface area contributed by atoms with Crippen molar-refractivity contribution in [3.05, 3.63) is 12.3 Å². The van der Waals surface area contributed by atoms with Gasteiger partial charge in [-0.2, -0.15) is 0 Å². The molecule has 20 heavy (non-hydrogen) atoms. The molecule has 1 aliphatic rings. The number of carbonyl (C=O) groups excluding carboxylic acids is 1. The van der Waals surface area contributed by atoms with Crippen LogP contribution in [0.2, 0.25) is 0 Å². The Balaban J connectivity index is 1.83. The number of hydrogen-bond donors (Lipinski definition) is 2. The summed E-state index contributed by atoms with van der Waals surface area (Å²) >= 11 is 0. The number of nitrogens with one attached hydrogen (secondary N) is 1. The van der Waals surface area contributed by atoms with Gasteiger partial charge in [0, 0.05) is 31.2 Å². The molecule has 0 spiro atoms. The van der Waals surface area contributed by atoms with Gasteiger partial charge in [-0.05, 0) is 20.4 Å². The molecule has 1 aromatic heterocycles. The van der Waals surface area contributed by atoms with Gasteiger partial charge in [0.05, 0.1) is 13.2 Å². The quantitative estimate of drug-likeness (QED) is 0.764. The van der Waals surface area contributed by atoms with E-state index in [1.165, 1.54) is 6.26 Å². The van der Waals surface area contributed by atoms with Crippen LogP contribution >= 0.6 is 0 Å². The predicted octanol–water partition coefficient (Wildman–Crippen LogP) is 0.000000000000000278. The van der Waals surface area contributed by atoms with E-state index in [1.807, 2.05) is 7.05 Å². The molecule has 2 heterocycles. The highest BCUT2D eigenvalue weighted by Crippen LogP contribution is 2.21. The summed E-state index contributed by atoms with van der Waals surface area (Å²) < 4.78 is 4.67. The number of rotatable bonds is 6. The molecule has 1 saturated heterocycles. The lowest BCUT2D eigenvalue weighted by molar-refractivity contribution is -0.117. The summed E-state index contributed by atoms with van der Waals surface area (Å²) in [5.74, 6) is 0.354. The third kappa shape index (κ3) is 3.56. The molecule has 1 amide bonds. The van der Waals surface area contributed by atoms with Crippen molar-refractivity contribution in [3.63, 3.8) is 0 Å².